The molecule has 5 nitrogen and oxygen atoms in total. The van der Waals surface area contributed by atoms with E-state index >= 15 is 0 Å². The molecule has 0 saturated carbocycles. The Bertz CT molecular complexity index is 858. The van der Waals surface area contributed by atoms with Crippen molar-refractivity contribution < 1.29 is 9.66 Å². The van der Waals surface area contributed by atoms with Crippen LogP contribution in [0, 0.1) is 10.1 Å². The summed E-state index contributed by atoms with van der Waals surface area (Å²) in [5.74, 6) is 0.744. The topological polar surface area (TPSA) is 65.3 Å². The molecule has 0 fully saturated rings. The molecule has 0 aliphatic rings. The first-order valence-corrected chi connectivity index (χ1v) is 7.76. The molecule has 3 rings (SSSR count). The third-order valence-electron chi connectivity index (χ3n) is 3.57. The summed E-state index contributed by atoms with van der Waals surface area (Å²) >= 11 is 0. The maximum Gasteiger partial charge on any atom is 0.269 e. The van der Waals surface area contributed by atoms with Gasteiger partial charge in [0.05, 0.1) is 10.6 Å². The highest BCUT2D eigenvalue weighted by Gasteiger charge is 2.04. The summed E-state index contributed by atoms with van der Waals surface area (Å²) in [4.78, 5) is 14.5. The first-order chi connectivity index (χ1) is 12.2. The molecule has 5 heteroatoms. The monoisotopic (exact) mass is 332 g/mol. The van der Waals surface area contributed by atoms with Crippen molar-refractivity contribution in [2.75, 3.05) is 0 Å². The van der Waals surface area contributed by atoms with E-state index in [9.17, 15) is 10.1 Å². The van der Waals surface area contributed by atoms with Crippen LogP contribution in [-0.2, 0) is 6.61 Å². The van der Waals surface area contributed by atoms with E-state index in [-0.39, 0.29) is 5.69 Å². The molecule has 0 aliphatic carbocycles. The smallest absolute Gasteiger partial charge is 0.269 e. The van der Waals surface area contributed by atoms with Crippen molar-refractivity contribution in [1.29, 1.82) is 0 Å². The van der Waals surface area contributed by atoms with Gasteiger partial charge in [-0.05, 0) is 53.6 Å². The Morgan fingerprint density at radius 3 is 2.36 bits per heavy atom. The number of hydrogen-bond donors (Lipinski definition) is 0. The summed E-state index contributed by atoms with van der Waals surface area (Å²) in [6.45, 7) is 0.362. The Kier molecular flexibility index (Phi) is 5.16. The van der Waals surface area contributed by atoms with Crippen molar-refractivity contribution >= 4 is 17.8 Å². The molecule has 2 aromatic carbocycles. The maximum atomic E-state index is 10.6. The van der Waals surface area contributed by atoms with Crippen molar-refractivity contribution in [2.45, 2.75) is 6.61 Å². The van der Waals surface area contributed by atoms with Crippen LogP contribution in [0.5, 0.6) is 5.75 Å². The fraction of sp³-hybridized carbons (Fsp3) is 0.0500. The lowest BCUT2D eigenvalue weighted by molar-refractivity contribution is -0.384. The zero-order valence-electron chi connectivity index (χ0n) is 13.4. The number of aromatic nitrogens is 1. The van der Waals surface area contributed by atoms with Crippen LogP contribution in [0.3, 0.4) is 0 Å². The Morgan fingerprint density at radius 1 is 0.960 bits per heavy atom. The van der Waals surface area contributed by atoms with E-state index in [1.165, 1.54) is 12.1 Å². The molecule has 1 heterocycles. The van der Waals surface area contributed by atoms with Crippen molar-refractivity contribution in [3.8, 4) is 5.75 Å². The minimum absolute atomic E-state index is 0.0767. The molecule has 0 N–H and O–H groups in total. The van der Waals surface area contributed by atoms with Gasteiger partial charge in [0.15, 0.2) is 0 Å². The molecule has 3 aromatic rings. The lowest BCUT2D eigenvalue weighted by Gasteiger charge is -2.06. The van der Waals surface area contributed by atoms with Gasteiger partial charge in [0.25, 0.3) is 5.69 Å². The maximum absolute atomic E-state index is 10.6. The zero-order chi connectivity index (χ0) is 17.5. The number of nitrogens with zero attached hydrogens (tertiary/aromatic N) is 2. The van der Waals surface area contributed by atoms with E-state index in [4.69, 9.17) is 4.74 Å². The molecule has 0 amide bonds. The predicted octanol–water partition coefficient (Wildman–Crippen LogP) is 4.74. The normalized spacial score (nSPS) is 10.7. The number of pyridine rings is 1. The molecule has 0 saturated heterocycles. The van der Waals surface area contributed by atoms with Crippen molar-refractivity contribution in [3.05, 3.63) is 99.9 Å². The van der Waals surface area contributed by atoms with Gasteiger partial charge in [0, 0.05) is 18.3 Å². The number of nitro groups is 1. The summed E-state index contributed by atoms with van der Waals surface area (Å²) in [7, 11) is 0. The first kappa shape index (κ1) is 16.4. The SMILES string of the molecule is O=[N+]([O-])c1ccc(COc2ccc(/C=C/c3ccccn3)cc2)cc1. The predicted molar refractivity (Wildman–Crippen MR) is 97.0 cm³/mol. The molecule has 0 bridgehead atoms. The average molecular weight is 332 g/mol. The lowest BCUT2D eigenvalue weighted by Crippen LogP contribution is -1.96. The van der Waals surface area contributed by atoms with Crippen molar-refractivity contribution in [2.24, 2.45) is 0 Å². The summed E-state index contributed by atoms with van der Waals surface area (Å²) < 4.78 is 5.70. The first-order valence-electron chi connectivity index (χ1n) is 7.76. The molecular formula is C20H16N2O3. The Labute approximate surface area is 145 Å². The van der Waals surface area contributed by atoms with E-state index in [0.29, 0.717) is 6.61 Å². The summed E-state index contributed by atoms with van der Waals surface area (Å²) in [6, 6.07) is 19.8. The van der Waals surface area contributed by atoms with Gasteiger partial charge in [0.1, 0.15) is 12.4 Å². The summed E-state index contributed by atoms with van der Waals surface area (Å²) in [6.07, 6.45) is 5.70. The van der Waals surface area contributed by atoms with E-state index in [1.807, 2.05) is 54.6 Å². The van der Waals surface area contributed by atoms with Crippen LogP contribution in [0.15, 0.2) is 72.9 Å². The van der Waals surface area contributed by atoms with Gasteiger partial charge < -0.3 is 4.74 Å². The van der Waals surface area contributed by atoms with E-state index in [2.05, 4.69) is 4.98 Å². The van der Waals surface area contributed by atoms with Gasteiger partial charge >= 0.3 is 0 Å². The highest BCUT2D eigenvalue weighted by molar-refractivity contribution is 5.68. The molecule has 1 aromatic heterocycles. The molecule has 0 radical (unpaired) electrons. The number of ether oxygens (including phenoxy) is 1. The molecular weight excluding hydrogens is 316 g/mol. The molecule has 25 heavy (non-hydrogen) atoms. The zero-order valence-corrected chi connectivity index (χ0v) is 13.4. The number of benzene rings is 2. The molecule has 0 unspecified atom stereocenters. The van der Waals surface area contributed by atoms with Crippen LogP contribution in [0.1, 0.15) is 16.8 Å². The van der Waals surface area contributed by atoms with Crippen molar-refractivity contribution in [3.63, 3.8) is 0 Å². The number of nitro benzene ring substituents is 1. The van der Waals surface area contributed by atoms with Crippen molar-refractivity contribution in [1.82, 2.24) is 4.98 Å². The van der Waals surface area contributed by atoms with Gasteiger partial charge in [-0.2, -0.15) is 0 Å². The highest BCUT2D eigenvalue weighted by atomic mass is 16.6. The average Bonchev–Trinajstić information content (AvgIpc) is 2.67. The molecule has 0 spiro atoms. The van der Waals surface area contributed by atoms with Crippen LogP contribution >= 0.6 is 0 Å². The third kappa shape index (κ3) is 4.75. The second kappa shape index (κ2) is 7.88. The minimum atomic E-state index is -0.415. The van der Waals surface area contributed by atoms with E-state index < -0.39 is 4.92 Å². The van der Waals surface area contributed by atoms with E-state index in [1.54, 1.807) is 18.3 Å². The summed E-state index contributed by atoms with van der Waals surface area (Å²) in [5.41, 5.74) is 2.91. The standard InChI is InChI=1S/C20H16N2O3/c23-22(24)19-10-5-17(6-11-19)15-25-20-12-7-16(8-13-20)4-9-18-3-1-2-14-21-18/h1-14H,15H2/b9-4+. The van der Waals surface area contributed by atoms with Gasteiger partial charge in [-0.25, -0.2) is 0 Å². The Hall–Kier alpha value is -3.47. The number of hydrogen-bond acceptors (Lipinski definition) is 4. The fourth-order valence-electron chi connectivity index (χ4n) is 2.21. The second-order valence-corrected chi connectivity index (χ2v) is 5.37. The largest absolute Gasteiger partial charge is 0.489 e. The lowest BCUT2D eigenvalue weighted by atomic mass is 10.2. The molecule has 0 aliphatic heterocycles. The van der Waals surface area contributed by atoms with E-state index in [0.717, 1.165) is 22.6 Å². The quantitative estimate of drug-likeness (QED) is 0.483. The van der Waals surface area contributed by atoms with Gasteiger partial charge in [-0.1, -0.05) is 24.3 Å². The molecule has 124 valence electrons. The Morgan fingerprint density at radius 2 is 1.72 bits per heavy atom. The van der Waals surface area contributed by atoms with Gasteiger partial charge in [-0.3, -0.25) is 15.1 Å². The van der Waals surface area contributed by atoms with Crippen LogP contribution in [0.2, 0.25) is 0 Å². The molecule has 0 atom stereocenters. The van der Waals surface area contributed by atoms with Crippen LogP contribution in [-0.4, -0.2) is 9.91 Å². The van der Waals surface area contributed by atoms with Crippen LogP contribution in [0.25, 0.3) is 12.2 Å². The van der Waals surface area contributed by atoms with Gasteiger partial charge in [-0.15, -0.1) is 0 Å². The van der Waals surface area contributed by atoms with Gasteiger partial charge in [0.2, 0.25) is 0 Å². The minimum Gasteiger partial charge on any atom is -0.489 e. The Balaban J connectivity index is 1.57. The number of non-ortho nitro benzene ring substituents is 1. The van der Waals surface area contributed by atoms with Crippen LogP contribution in [0.4, 0.5) is 5.69 Å². The highest BCUT2D eigenvalue weighted by Crippen LogP contribution is 2.17. The van der Waals surface area contributed by atoms with Crippen LogP contribution < -0.4 is 4.74 Å². The second-order valence-electron chi connectivity index (χ2n) is 5.37. The summed E-state index contributed by atoms with van der Waals surface area (Å²) in [5, 5.41) is 10.6. The number of rotatable bonds is 6. The third-order valence-corrected chi connectivity index (χ3v) is 3.57. The fourth-order valence-corrected chi connectivity index (χ4v) is 2.21.